The molecule has 1 unspecified atom stereocenters. The highest BCUT2D eigenvalue weighted by Gasteiger charge is 2.26. The van der Waals surface area contributed by atoms with Gasteiger partial charge in [-0.3, -0.25) is 9.59 Å². The third kappa shape index (κ3) is 3.93. The lowest BCUT2D eigenvalue weighted by atomic mass is 10.2. The Balaban J connectivity index is 1.86. The van der Waals surface area contributed by atoms with Crippen molar-refractivity contribution in [3.8, 4) is 0 Å². The highest BCUT2D eigenvalue weighted by Crippen LogP contribution is 2.12. The van der Waals surface area contributed by atoms with Gasteiger partial charge in [0.25, 0.3) is 0 Å². The molecule has 1 aromatic heterocycles. The summed E-state index contributed by atoms with van der Waals surface area (Å²) in [4.78, 5) is 31.9. The first-order chi connectivity index (χ1) is 10.1. The van der Waals surface area contributed by atoms with E-state index >= 15 is 0 Å². The van der Waals surface area contributed by atoms with Crippen LogP contribution in [0.25, 0.3) is 0 Å². The Hall–Kier alpha value is -2.11. The second-order valence-corrected chi connectivity index (χ2v) is 5.25. The van der Waals surface area contributed by atoms with Crippen molar-refractivity contribution in [2.45, 2.75) is 26.3 Å². The summed E-state index contributed by atoms with van der Waals surface area (Å²) in [7, 11) is 0. The Morgan fingerprint density at radius 2 is 2.00 bits per heavy atom. The fourth-order valence-electron chi connectivity index (χ4n) is 2.21. The molecule has 1 saturated heterocycles. The summed E-state index contributed by atoms with van der Waals surface area (Å²) in [5, 5.41) is 2.71. The first-order valence-corrected chi connectivity index (χ1v) is 7.37. The van der Waals surface area contributed by atoms with Crippen molar-refractivity contribution >= 4 is 17.6 Å². The average Bonchev–Trinajstić information content (AvgIpc) is 2.55. The molecule has 0 bridgehead atoms. The number of carbonyl (C=O) groups is 2. The Labute approximate surface area is 125 Å². The normalized spacial score (nSPS) is 16.5. The molecule has 1 atom stereocenters. The maximum Gasteiger partial charge on any atom is 0.312 e. The summed E-state index contributed by atoms with van der Waals surface area (Å²) in [6, 6.07) is 5.80. The van der Waals surface area contributed by atoms with Crippen LogP contribution in [-0.2, 0) is 9.59 Å². The average molecular weight is 290 g/mol. The maximum atomic E-state index is 12.1. The van der Waals surface area contributed by atoms with Crippen molar-refractivity contribution in [3.05, 3.63) is 24.4 Å². The zero-order valence-corrected chi connectivity index (χ0v) is 12.6. The molecular weight excluding hydrogens is 268 g/mol. The van der Waals surface area contributed by atoms with E-state index in [2.05, 4.69) is 15.2 Å². The zero-order valence-electron chi connectivity index (χ0n) is 12.6. The number of nitrogens with one attached hydrogen (secondary N) is 1. The van der Waals surface area contributed by atoms with Gasteiger partial charge in [-0.25, -0.2) is 4.98 Å². The molecule has 2 amide bonds. The second-order valence-electron chi connectivity index (χ2n) is 5.25. The van der Waals surface area contributed by atoms with Crippen molar-refractivity contribution in [1.82, 2.24) is 15.2 Å². The lowest BCUT2D eigenvalue weighted by Gasteiger charge is -2.35. The fraction of sp³-hybridized carbons (Fsp3) is 0.533. The topological polar surface area (TPSA) is 65.5 Å². The second kappa shape index (κ2) is 7.06. The van der Waals surface area contributed by atoms with Crippen LogP contribution in [0.4, 0.5) is 5.82 Å². The van der Waals surface area contributed by atoms with Crippen molar-refractivity contribution < 1.29 is 9.59 Å². The lowest BCUT2D eigenvalue weighted by molar-refractivity contribution is -0.146. The number of hydrogen-bond acceptors (Lipinski definition) is 4. The molecule has 1 fully saturated rings. The quantitative estimate of drug-likeness (QED) is 0.830. The van der Waals surface area contributed by atoms with Crippen LogP contribution in [0.3, 0.4) is 0 Å². The molecule has 6 heteroatoms. The molecule has 21 heavy (non-hydrogen) atoms. The monoisotopic (exact) mass is 290 g/mol. The number of piperazine rings is 1. The largest absolute Gasteiger partial charge is 0.353 e. The summed E-state index contributed by atoms with van der Waals surface area (Å²) in [5.41, 5.74) is 0. The number of carbonyl (C=O) groups excluding carboxylic acids is 2. The minimum absolute atomic E-state index is 0.0243. The fourth-order valence-corrected chi connectivity index (χ4v) is 2.21. The number of pyridine rings is 1. The summed E-state index contributed by atoms with van der Waals surface area (Å²) in [6.07, 6.45) is 2.57. The molecule has 6 nitrogen and oxygen atoms in total. The molecule has 1 aromatic rings. The van der Waals surface area contributed by atoms with Crippen molar-refractivity contribution in [2.75, 3.05) is 31.1 Å². The lowest BCUT2D eigenvalue weighted by Crippen LogP contribution is -2.53. The minimum Gasteiger partial charge on any atom is -0.353 e. The zero-order chi connectivity index (χ0) is 15.2. The van der Waals surface area contributed by atoms with Crippen LogP contribution in [-0.4, -0.2) is 53.9 Å². The standard InChI is InChI=1S/C15H22N4O2/c1-3-12(2)17-14(20)15(21)19-10-8-18(9-11-19)13-6-4-5-7-16-13/h4-7,12H,3,8-11H2,1-2H3,(H,17,20). The number of hydrogen-bond donors (Lipinski definition) is 1. The van der Waals surface area contributed by atoms with Crippen LogP contribution in [0.5, 0.6) is 0 Å². The van der Waals surface area contributed by atoms with E-state index in [1.54, 1.807) is 11.1 Å². The van der Waals surface area contributed by atoms with E-state index in [0.29, 0.717) is 26.2 Å². The van der Waals surface area contributed by atoms with Gasteiger partial charge in [-0.05, 0) is 25.5 Å². The Kier molecular flexibility index (Phi) is 5.14. The van der Waals surface area contributed by atoms with Crippen LogP contribution in [0.15, 0.2) is 24.4 Å². The van der Waals surface area contributed by atoms with Crippen LogP contribution in [0.1, 0.15) is 20.3 Å². The van der Waals surface area contributed by atoms with Crippen molar-refractivity contribution in [3.63, 3.8) is 0 Å². The smallest absolute Gasteiger partial charge is 0.312 e. The molecule has 2 heterocycles. The minimum atomic E-state index is -0.504. The Morgan fingerprint density at radius 3 is 2.57 bits per heavy atom. The van der Waals surface area contributed by atoms with Crippen LogP contribution in [0.2, 0.25) is 0 Å². The molecule has 1 aliphatic heterocycles. The molecular formula is C15H22N4O2. The van der Waals surface area contributed by atoms with Gasteiger partial charge < -0.3 is 15.1 Å². The van der Waals surface area contributed by atoms with E-state index in [9.17, 15) is 9.59 Å². The molecule has 114 valence electrons. The Morgan fingerprint density at radius 1 is 1.29 bits per heavy atom. The van der Waals surface area contributed by atoms with E-state index in [1.165, 1.54) is 0 Å². The van der Waals surface area contributed by atoms with E-state index in [1.807, 2.05) is 32.0 Å². The van der Waals surface area contributed by atoms with E-state index in [0.717, 1.165) is 12.2 Å². The number of rotatable bonds is 3. The molecule has 0 spiro atoms. The highest BCUT2D eigenvalue weighted by molar-refractivity contribution is 6.35. The summed E-state index contributed by atoms with van der Waals surface area (Å²) in [5.74, 6) is -0.0275. The summed E-state index contributed by atoms with van der Waals surface area (Å²) < 4.78 is 0. The summed E-state index contributed by atoms with van der Waals surface area (Å²) >= 11 is 0. The number of amides is 2. The first kappa shape index (κ1) is 15.3. The molecule has 0 saturated carbocycles. The highest BCUT2D eigenvalue weighted by atomic mass is 16.2. The van der Waals surface area contributed by atoms with E-state index < -0.39 is 11.8 Å². The predicted molar refractivity (Wildman–Crippen MR) is 80.9 cm³/mol. The van der Waals surface area contributed by atoms with Gasteiger partial charge in [0.2, 0.25) is 0 Å². The number of nitrogens with zero attached hydrogens (tertiary/aromatic N) is 3. The van der Waals surface area contributed by atoms with Crippen molar-refractivity contribution in [2.24, 2.45) is 0 Å². The van der Waals surface area contributed by atoms with Gasteiger partial charge in [0.1, 0.15) is 5.82 Å². The number of anilines is 1. The van der Waals surface area contributed by atoms with Crippen LogP contribution < -0.4 is 10.2 Å². The SMILES string of the molecule is CCC(C)NC(=O)C(=O)N1CCN(c2ccccn2)CC1. The van der Waals surface area contributed by atoms with Gasteiger partial charge >= 0.3 is 11.8 Å². The third-order valence-electron chi connectivity index (χ3n) is 3.72. The van der Waals surface area contributed by atoms with Crippen molar-refractivity contribution in [1.29, 1.82) is 0 Å². The molecule has 0 aliphatic carbocycles. The molecule has 1 aliphatic rings. The van der Waals surface area contributed by atoms with Gasteiger partial charge in [-0.1, -0.05) is 13.0 Å². The van der Waals surface area contributed by atoms with Crippen LogP contribution >= 0.6 is 0 Å². The van der Waals surface area contributed by atoms with E-state index in [-0.39, 0.29) is 6.04 Å². The van der Waals surface area contributed by atoms with Gasteiger partial charge in [-0.15, -0.1) is 0 Å². The Bertz CT molecular complexity index is 484. The van der Waals surface area contributed by atoms with Crippen LogP contribution in [0, 0.1) is 0 Å². The first-order valence-electron chi connectivity index (χ1n) is 7.37. The number of aromatic nitrogens is 1. The van der Waals surface area contributed by atoms with Gasteiger partial charge in [0, 0.05) is 38.4 Å². The molecule has 1 N–H and O–H groups in total. The van der Waals surface area contributed by atoms with E-state index in [4.69, 9.17) is 0 Å². The van der Waals surface area contributed by atoms with Gasteiger partial charge in [-0.2, -0.15) is 0 Å². The molecule has 0 aromatic carbocycles. The van der Waals surface area contributed by atoms with Gasteiger partial charge in [0.05, 0.1) is 0 Å². The maximum absolute atomic E-state index is 12.1. The summed E-state index contributed by atoms with van der Waals surface area (Å²) in [6.45, 7) is 6.34. The molecule has 2 rings (SSSR count). The third-order valence-corrected chi connectivity index (χ3v) is 3.72. The molecule has 0 radical (unpaired) electrons. The van der Waals surface area contributed by atoms with Gasteiger partial charge in [0.15, 0.2) is 0 Å². The predicted octanol–water partition coefficient (Wildman–Crippen LogP) is 0.645.